The van der Waals surface area contributed by atoms with E-state index in [2.05, 4.69) is 13.8 Å². The van der Waals surface area contributed by atoms with E-state index in [1.54, 1.807) is 0 Å². The second-order valence-corrected chi connectivity index (χ2v) is 9.52. The molecule has 4 rings (SSSR count). The van der Waals surface area contributed by atoms with Gasteiger partial charge >= 0.3 is 0 Å². The highest BCUT2D eigenvalue weighted by Gasteiger charge is 2.64. The van der Waals surface area contributed by atoms with Gasteiger partial charge in [-0.1, -0.05) is 13.8 Å². The summed E-state index contributed by atoms with van der Waals surface area (Å²) in [4.78, 5) is 0. The Balaban J connectivity index is 1.68. The fourth-order valence-corrected chi connectivity index (χ4v) is 7.19. The molecule has 4 fully saturated rings. The van der Waals surface area contributed by atoms with Gasteiger partial charge in [-0.3, -0.25) is 0 Å². The third kappa shape index (κ3) is 2.11. The molecule has 10 atom stereocenters. The maximum Gasteiger partial charge on any atom is 0.0855 e. The van der Waals surface area contributed by atoms with E-state index >= 15 is 0 Å². The fourth-order valence-electron chi connectivity index (χ4n) is 7.19. The molecule has 0 radical (unpaired) electrons. The third-order valence-corrected chi connectivity index (χ3v) is 8.63. The van der Waals surface area contributed by atoms with Gasteiger partial charge in [-0.15, -0.1) is 0 Å². The quantitative estimate of drug-likeness (QED) is 0.547. The first-order valence-corrected chi connectivity index (χ1v) is 9.49. The van der Waals surface area contributed by atoms with Gasteiger partial charge in [0.05, 0.1) is 24.4 Å². The molecule has 0 amide bonds. The molecule has 4 heteroatoms. The van der Waals surface area contributed by atoms with Gasteiger partial charge in [0.15, 0.2) is 0 Å². The molecule has 0 saturated heterocycles. The van der Waals surface area contributed by atoms with Crippen molar-refractivity contribution in [1.29, 1.82) is 0 Å². The van der Waals surface area contributed by atoms with Crippen molar-refractivity contribution >= 4 is 0 Å². The van der Waals surface area contributed by atoms with E-state index in [1.807, 2.05) is 0 Å². The Morgan fingerprint density at radius 2 is 1.43 bits per heavy atom. The Kier molecular flexibility index (Phi) is 3.67. The van der Waals surface area contributed by atoms with E-state index in [4.69, 9.17) is 0 Å². The van der Waals surface area contributed by atoms with Crippen LogP contribution in [0.15, 0.2) is 0 Å². The van der Waals surface area contributed by atoms with Crippen LogP contribution in [0.25, 0.3) is 0 Å². The van der Waals surface area contributed by atoms with Crippen molar-refractivity contribution in [3.05, 3.63) is 0 Å². The Morgan fingerprint density at radius 3 is 2.17 bits per heavy atom. The average Bonchev–Trinajstić information content (AvgIpc) is 2.73. The van der Waals surface area contributed by atoms with Crippen molar-refractivity contribution < 1.29 is 20.4 Å². The number of aliphatic hydroxyl groups is 4. The zero-order chi connectivity index (χ0) is 16.6. The number of hydrogen-bond donors (Lipinski definition) is 4. The molecule has 0 bridgehead atoms. The lowest BCUT2D eigenvalue weighted by Crippen LogP contribution is -2.58. The van der Waals surface area contributed by atoms with Crippen molar-refractivity contribution in [2.24, 2.45) is 34.5 Å². The summed E-state index contributed by atoms with van der Waals surface area (Å²) < 4.78 is 0. The second kappa shape index (κ2) is 5.17. The molecule has 0 aromatic heterocycles. The van der Waals surface area contributed by atoms with Crippen LogP contribution < -0.4 is 0 Å². The Morgan fingerprint density at radius 1 is 0.739 bits per heavy atom. The smallest absolute Gasteiger partial charge is 0.0855 e. The molecule has 4 aliphatic rings. The van der Waals surface area contributed by atoms with E-state index in [9.17, 15) is 20.4 Å². The minimum Gasteiger partial charge on any atom is -0.393 e. The topological polar surface area (TPSA) is 80.9 Å². The highest BCUT2D eigenvalue weighted by molar-refractivity contribution is 5.13. The minimum absolute atomic E-state index is 0.192. The second-order valence-electron chi connectivity index (χ2n) is 9.52. The Labute approximate surface area is 138 Å². The molecule has 132 valence electrons. The summed E-state index contributed by atoms with van der Waals surface area (Å²) in [6.45, 7) is 4.48. The predicted molar refractivity (Wildman–Crippen MR) is 86.5 cm³/mol. The average molecular weight is 324 g/mol. The first-order chi connectivity index (χ1) is 10.8. The van der Waals surface area contributed by atoms with Crippen molar-refractivity contribution in [2.75, 3.05) is 0 Å². The Bertz CT molecular complexity index is 482. The van der Waals surface area contributed by atoms with Gasteiger partial charge in [-0.25, -0.2) is 0 Å². The molecule has 0 aliphatic heterocycles. The molecule has 0 aromatic rings. The van der Waals surface area contributed by atoms with Gasteiger partial charge in [0.1, 0.15) is 0 Å². The van der Waals surface area contributed by atoms with Crippen LogP contribution in [0.3, 0.4) is 0 Å². The summed E-state index contributed by atoms with van der Waals surface area (Å²) in [6.07, 6.45) is 4.24. The molecule has 4 N–H and O–H groups in total. The predicted octanol–water partition coefficient (Wildman–Crippen LogP) is 1.69. The number of rotatable bonds is 0. The standard InChI is InChI=1S/C19H32O4/c1-18-5-3-11(20)7-10(18)8-14(21)16-12(18)4-6-19(2)13(16)9-15(22)17(19)23/h10-17,20-23H,3-9H2,1-2H3/t10-,11+,12?,13?,14+,15-,16?,17-,18-,19-/m0/s1. The molecule has 0 aromatic carbocycles. The van der Waals surface area contributed by atoms with E-state index < -0.39 is 12.2 Å². The third-order valence-electron chi connectivity index (χ3n) is 8.63. The van der Waals surface area contributed by atoms with Crippen LogP contribution in [0.5, 0.6) is 0 Å². The summed E-state index contributed by atoms with van der Waals surface area (Å²) in [5.74, 6) is 1.27. The highest BCUT2D eigenvalue weighted by atomic mass is 16.3. The summed E-state index contributed by atoms with van der Waals surface area (Å²) in [5, 5.41) is 41.7. The highest BCUT2D eigenvalue weighted by Crippen LogP contribution is 2.66. The number of aliphatic hydroxyl groups excluding tert-OH is 4. The molecule has 23 heavy (non-hydrogen) atoms. The van der Waals surface area contributed by atoms with Crippen molar-refractivity contribution in [3.8, 4) is 0 Å². The lowest BCUT2D eigenvalue weighted by atomic mass is 9.44. The van der Waals surface area contributed by atoms with Crippen LogP contribution in [0, 0.1) is 34.5 Å². The van der Waals surface area contributed by atoms with Gasteiger partial charge in [0.2, 0.25) is 0 Å². The van der Waals surface area contributed by atoms with Gasteiger partial charge in [-0.2, -0.15) is 0 Å². The van der Waals surface area contributed by atoms with Crippen LogP contribution in [-0.2, 0) is 0 Å². The Hall–Kier alpha value is -0.160. The summed E-state index contributed by atoms with van der Waals surface area (Å²) in [5.41, 5.74) is -0.0537. The van der Waals surface area contributed by atoms with Crippen LogP contribution in [-0.4, -0.2) is 44.8 Å². The van der Waals surface area contributed by atoms with Gasteiger partial charge < -0.3 is 20.4 Å². The SMILES string of the molecule is C[C@]12CCC3C(C1C[C@H](O)[C@@H]2O)[C@H](O)C[C@@H]1C[C@H](O)CC[C@]31C. The lowest BCUT2D eigenvalue weighted by molar-refractivity contribution is -0.177. The molecule has 3 unspecified atom stereocenters. The zero-order valence-electron chi connectivity index (χ0n) is 14.4. The van der Waals surface area contributed by atoms with Crippen molar-refractivity contribution in [3.63, 3.8) is 0 Å². The maximum atomic E-state index is 10.9. The molecular weight excluding hydrogens is 292 g/mol. The maximum absolute atomic E-state index is 10.9. The molecule has 4 nitrogen and oxygen atoms in total. The van der Waals surface area contributed by atoms with Gasteiger partial charge in [-0.05, 0) is 79.4 Å². The summed E-state index contributed by atoms with van der Waals surface area (Å²) in [6, 6.07) is 0. The summed E-state index contributed by atoms with van der Waals surface area (Å²) >= 11 is 0. The molecular formula is C19H32O4. The first kappa shape index (κ1) is 16.3. The molecule has 4 aliphatic carbocycles. The largest absolute Gasteiger partial charge is 0.393 e. The van der Waals surface area contributed by atoms with E-state index in [0.717, 1.165) is 38.5 Å². The summed E-state index contributed by atoms with van der Waals surface area (Å²) in [7, 11) is 0. The molecule has 4 saturated carbocycles. The van der Waals surface area contributed by atoms with E-state index in [-0.39, 0.29) is 34.9 Å². The van der Waals surface area contributed by atoms with E-state index in [1.165, 1.54) is 0 Å². The molecule has 0 heterocycles. The fraction of sp³-hybridized carbons (Fsp3) is 1.00. The van der Waals surface area contributed by atoms with Gasteiger partial charge in [0, 0.05) is 0 Å². The van der Waals surface area contributed by atoms with Crippen LogP contribution in [0.2, 0.25) is 0 Å². The molecule has 0 spiro atoms. The minimum atomic E-state index is -0.653. The van der Waals surface area contributed by atoms with Gasteiger partial charge in [0.25, 0.3) is 0 Å². The normalized spacial score (nSPS) is 62.3. The van der Waals surface area contributed by atoms with Crippen molar-refractivity contribution in [2.45, 2.75) is 83.2 Å². The van der Waals surface area contributed by atoms with Crippen LogP contribution in [0.1, 0.15) is 58.8 Å². The van der Waals surface area contributed by atoms with Crippen molar-refractivity contribution in [1.82, 2.24) is 0 Å². The van der Waals surface area contributed by atoms with Crippen LogP contribution >= 0.6 is 0 Å². The number of fused-ring (bicyclic) bond motifs is 5. The van der Waals surface area contributed by atoms with E-state index in [0.29, 0.717) is 18.3 Å². The van der Waals surface area contributed by atoms with Crippen LogP contribution in [0.4, 0.5) is 0 Å². The number of hydrogen-bond acceptors (Lipinski definition) is 4. The first-order valence-electron chi connectivity index (χ1n) is 9.49. The zero-order valence-corrected chi connectivity index (χ0v) is 14.4. The monoisotopic (exact) mass is 324 g/mol. The lowest BCUT2D eigenvalue weighted by Gasteiger charge is -2.61.